The Morgan fingerprint density at radius 2 is 2.33 bits per heavy atom. The molecule has 1 unspecified atom stereocenters. The molecule has 18 heavy (non-hydrogen) atoms. The first-order valence-electron chi connectivity index (χ1n) is 6.53. The average molecular weight is 313 g/mol. The number of benzene rings is 1. The number of ether oxygens (including phenoxy) is 1. The lowest BCUT2D eigenvalue weighted by molar-refractivity contribution is 0.0384. The maximum absolute atomic E-state index is 5.90. The third-order valence-corrected chi connectivity index (χ3v) is 4.07. The molecular formula is C14H21BrN2O. The Bertz CT molecular complexity index is 409. The van der Waals surface area contributed by atoms with Crippen LogP contribution in [0.25, 0.3) is 0 Å². The van der Waals surface area contributed by atoms with E-state index >= 15 is 0 Å². The van der Waals surface area contributed by atoms with E-state index in [1.165, 1.54) is 5.69 Å². The Balaban J connectivity index is 2.17. The van der Waals surface area contributed by atoms with Crippen molar-refractivity contribution in [3.05, 3.63) is 28.2 Å². The molecule has 1 aliphatic rings. The molecule has 0 aliphatic carbocycles. The van der Waals surface area contributed by atoms with Crippen LogP contribution < -0.4 is 10.6 Å². The van der Waals surface area contributed by atoms with E-state index in [0.717, 1.165) is 36.2 Å². The molecule has 1 aliphatic heterocycles. The van der Waals surface area contributed by atoms with Gasteiger partial charge in [0.2, 0.25) is 0 Å². The molecule has 1 saturated heterocycles. The monoisotopic (exact) mass is 312 g/mol. The third-order valence-electron chi connectivity index (χ3n) is 3.43. The highest BCUT2D eigenvalue weighted by Crippen LogP contribution is 2.30. The first kappa shape index (κ1) is 13.8. The van der Waals surface area contributed by atoms with Gasteiger partial charge in [-0.15, -0.1) is 0 Å². The quantitative estimate of drug-likeness (QED) is 0.932. The van der Waals surface area contributed by atoms with Crippen molar-refractivity contribution in [3.63, 3.8) is 0 Å². The van der Waals surface area contributed by atoms with E-state index < -0.39 is 0 Å². The van der Waals surface area contributed by atoms with Gasteiger partial charge in [0.05, 0.1) is 18.4 Å². The first-order valence-corrected chi connectivity index (χ1v) is 7.32. The highest BCUT2D eigenvalue weighted by atomic mass is 79.9. The van der Waals surface area contributed by atoms with E-state index in [4.69, 9.17) is 10.5 Å². The molecule has 1 aromatic carbocycles. The predicted octanol–water partition coefficient (Wildman–Crippen LogP) is 3.08. The minimum atomic E-state index is 0.0726. The van der Waals surface area contributed by atoms with Gasteiger partial charge >= 0.3 is 0 Å². The lowest BCUT2D eigenvalue weighted by Crippen LogP contribution is -2.42. The molecule has 0 amide bonds. The second kappa shape index (κ2) is 6.04. The van der Waals surface area contributed by atoms with Gasteiger partial charge in [-0.2, -0.15) is 0 Å². The van der Waals surface area contributed by atoms with Crippen LogP contribution in [-0.4, -0.2) is 25.8 Å². The molecule has 100 valence electrons. The van der Waals surface area contributed by atoms with Gasteiger partial charge in [-0.25, -0.2) is 0 Å². The van der Waals surface area contributed by atoms with Crippen LogP contribution in [0.1, 0.15) is 31.9 Å². The van der Waals surface area contributed by atoms with Crippen LogP contribution >= 0.6 is 15.9 Å². The normalized spacial score (nSPS) is 22.0. The zero-order chi connectivity index (χ0) is 13.1. The standard InChI is InChI=1S/C14H21BrN2O/c1-3-12-9-17(6-7-18-12)14-5-4-11(10(2)16)8-13(14)15/h4-5,8,10,12H,3,6-7,9,16H2,1-2H3/t10-,12?/m1/s1. The SMILES string of the molecule is CCC1CN(c2ccc([C@@H](C)N)cc2Br)CCO1. The number of nitrogens with two attached hydrogens (primary N) is 1. The molecule has 0 bridgehead atoms. The van der Waals surface area contributed by atoms with Crippen molar-refractivity contribution in [1.82, 2.24) is 0 Å². The smallest absolute Gasteiger partial charge is 0.0748 e. The zero-order valence-corrected chi connectivity index (χ0v) is 12.6. The van der Waals surface area contributed by atoms with Crippen molar-refractivity contribution >= 4 is 21.6 Å². The molecule has 0 radical (unpaired) electrons. The number of halogens is 1. The van der Waals surface area contributed by atoms with E-state index in [2.05, 4.69) is 46.0 Å². The number of rotatable bonds is 3. The van der Waals surface area contributed by atoms with E-state index in [9.17, 15) is 0 Å². The second-order valence-corrected chi connectivity index (χ2v) is 5.70. The molecular weight excluding hydrogens is 292 g/mol. The summed E-state index contributed by atoms with van der Waals surface area (Å²) in [6, 6.07) is 6.46. The van der Waals surface area contributed by atoms with Crippen molar-refractivity contribution in [1.29, 1.82) is 0 Å². The van der Waals surface area contributed by atoms with E-state index in [0.29, 0.717) is 6.10 Å². The number of hydrogen-bond acceptors (Lipinski definition) is 3. The number of nitrogens with zero attached hydrogens (tertiary/aromatic N) is 1. The Morgan fingerprint density at radius 3 is 2.94 bits per heavy atom. The average Bonchev–Trinajstić information content (AvgIpc) is 2.38. The molecule has 2 N–H and O–H groups in total. The van der Waals surface area contributed by atoms with E-state index in [1.807, 2.05) is 6.92 Å². The topological polar surface area (TPSA) is 38.5 Å². The zero-order valence-electron chi connectivity index (χ0n) is 11.0. The molecule has 0 saturated carbocycles. The minimum Gasteiger partial charge on any atom is -0.375 e. The summed E-state index contributed by atoms with van der Waals surface area (Å²) in [5, 5.41) is 0. The van der Waals surface area contributed by atoms with Crippen molar-refractivity contribution < 1.29 is 4.74 Å². The highest BCUT2D eigenvalue weighted by Gasteiger charge is 2.20. The summed E-state index contributed by atoms with van der Waals surface area (Å²) in [6.07, 6.45) is 1.41. The summed E-state index contributed by atoms with van der Waals surface area (Å²) in [6.45, 7) is 6.89. The fourth-order valence-corrected chi connectivity index (χ4v) is 2.90. The van der Waals surface area contributed by atoms with Gasteiger partial charge in [0, 0.05) is 23.6 Å². The Hall–Kier alpha value is -0.580. The summed E-state index contributed by atoms with van der Waals surface area (Å²) in [5.41, 5.74) is 8.30. The second-order valence-electron chi connectivity index (χ2n) is 4.85. The Morgan fingerprint density at radius 1 is 1.56 bits per heavy atom. The number of hydrogen-bond donors (Lipinski definition) is 1. The maximum atomic E-state index is 5.90. The van der Waals surface area contributed by atoms with Crippen LogP contribution in [0.15, 0.2) is 22.7 Å². The van der Waals surface area contributed by atoms with Crippen LogP contribution in [0.3, 0.4) is 0 Å². The molecule has 1 fully saturated rings. The van der Waals surface area contributed by atoms with Crippen molar-refractivity contribution in [2.45, 2.75) is 32.4 Å². The fraction of sp³-hybridized carbons (Fsp3) is 0.571. The van der Waals surface area contributed by atoms with Gasteiger partial charge in [-0.1, -0.05) is 13.0 Å². The van der Waals surface area contributed by atoms with Crippen molar-refractivity contribution in [3.8, 4) is 0 Å². The highest BCUT2D eigenvalue weighted by molar-refractivity contribution is 9.10. The predicted molar refractivity (Wildman–Crippen MR) is 79.0 cm³/mol. The molecule has 1 heterocycles. The van der Waals surface area contributed by atoms with Crippen LogP contribution in [0, 0.1) is 0 Å². The molecule has 3 nitrogen and oxygen atoms in total. The van der Waals surface area contributed by atoms with Gasteiger partial charge in [-0.05, 0) is 47.0 Å². The van der Waals surface area contributed by atoms with Crippen LogP contribution in [0.5, 0.6) is 0 Å². The summed E-state index contributed by atoms with van der Waals surface area (Å²) in [4.78, 5) is 2.38. The Kier molecular flexibility index (Phi) is 4.65. The third kappa shape index (κ3) is 3.05. The lowest BCUT2D eigenvalue weighted by atomic mass is 10.1. The van der Waals surface area contributed by atoms with Crippen LogP contribution in [0.4, 0.5) is 5.69 Å². The largest absolute Gasteiger partial charge is 0.375 e. The molecule has 0 aromatic heterocycles. The summed E-state index contributed by atoms with van der Waals surface area (Å²) < 4.78 is 6.82. The summed E-state index contributed by atoms with van der Waals surface area (Å²) >= 11 is 3.65. The summed E-state index contributed by atoms with van der Waals surface area (Å²) in [7, 11) is 0. The first-order chi connectivity index (χ1) is 8.61. The van der Waals surface area contributed by atoms with Crippen LogP contribution in [-0.2, 0) is 4.74 Å². The lowest BCUT2D eigenvalue weighted by Gasteiger charge is -2.34. The van der Waals surface area contributed by atoms with Gasteiger partial charge in [0.15, 0.2) is 0 Å². The van der Waals surface area contributed by atoms with E-state index in [-0.39, 0.29) is 6.04 Å². The summed E-state index contributed by atoms with van der Waals surface area (Å²) in [5.74, 6) is 0. The van der Waals surface area contributed by atoms with Crippen LogP contribution in [0.2, 0.25) is 0 Å². The minimum absolute atomic E-state index is 0.0726. The van der Waals surface area contributed by atoms with Gasteiger partial charge in [0.1, 0.15) is 0 Å². The molecule has 4 heteroatoms. The fourth-order valence-electron chi connectivity index (χ4n) is 2.25. The van der Waals surface area contributed by atoms with Crippen molar-refractivity contribution in [2.24, 2.45) is 5.73 Å². The van der Waals surface area contributed by atoms with Gasteiger partial charge in [-0.3, -0.25) is 0 Å². The molecule has 2 atom stereocenters. The number of anilines is 1. The molecule has 2 rings (SSSR count). The molecule has 1 aromatic rings. The Labute approximate surface area is 117 Å². The van der Waals surface area contributed by atoms with E-state index in [1.54, 1.807) is 0 Å². The van der Waals surface area contributed by atoms with Gasteiger partial charge < -0.3 is 15.4 Å². The maximum Gasteiger partial charge on any atom is 0.0748 e. The molecule has 0 spiro atoms. The van der Waals surface area contributed by atoms with Crippen molar-refractivity contribution in [2.75, 3.05) is 24.6 Å². The van der Waals surface area contributed by atoms with Gasteiger partial charge in [0.25, 0.3) is 0 Å². The number of morpholine rings is 1.